The second-order valence-electron chi connectivity index (χ2n) is 9.96. The number of ether oxygens (including phenoxy) is 1. The Labute approximate surface area is 256 Å². The maximum absolute atomic E-state index is 14.0. The topological polar surface area (TPSA) is 118 Å². The predicted octanol–water partition coefficient (Wildman–Crippen LogP) is 6.83. The lowest BCUT2D eigenvalue weighted by Gasteiger charge is -2.11. The van der Waals surface area contributed by atoms with E-state index in [0.29, 0.717) is 15.9 Å². The number of thiophene rings is 1. The van der Waals surface area contributed by atoms with Gasteiger partial charge in [0.1, 0.15) is 15.5 Å². The van der Waals surface area contributed by atoms with E-state index in [1.54, 1.807) is 0 Å². The molecule has 0 aliphatic rings. The molecule has 0 amide bonds. The lowest BCUT2D eigenvalue weighted by Crippen LogP contribution is -2.39. The van der Waals surface area contributed by atoms with Crippen LogP contribution in [-0.2, 0) is 0 Å². The fourth-order valence-corrected chi connectivity index (χ4v) is 6.29. The molecule has 0 aliphatic carbocycles. The number of carbonyl (C=O) groups excluding carboxylic acids is 1. The maximum atomic E-state index is 14.0. The number of anilines is 1. The van der Waals surface area contributed by atoms with Gasteiger partial charge in [0, 0.05) is 23.1 Å². The van der Waals surface area contributed by atoms with Crippen molar-refractivity contribution in [3.8, 4) is 39.8 Å². The summed E-state index contributed by atoms with van der Waals surface area (Å²) in [5.41, 5.74) is 9.54. The van der Waals surface area contributed by atoms with Gasteiger partial charge >= 0.3 is 12.1 Å². The summed E-state index contributed by atoms with van der Waals surface area (Å²) in [6.07, 6.45) is -4.88. The summed E-state index contributed by atoms with van der Waals surface area (Å²) in [5, 5.41) is 19.0. The van der Waals surface area contributed by atoms with E-state index in [1.807, 2.05) is 78.9 Å². The molecular weight excluding hydrogens is 605 g/mol. The maximum Gasteiger partial charge on any atom is 0.573 e. The highest BCUT2D eigenvalue weighted by atomic mass is 32.1. The van der Waals surface area contributed by atoms with E-state index in [0.717, 1.165) is 55.6 Å². The summed E-state index contributed by atoms with van der Waals surface area (Å²) in [4.78, 5) is 19.4. The van der Waals surface area contributed by atoms with Crippen molar-refractivity contribution in [2.24, 2.45) is 0 Å². The van der Waals surface area contributed by atoms with Crippen LogP contribution in [0.4, 0.5) is 18.9 Å². The first-order valence-electron chi connectivity index (χ1n) is 13.4. The van der Waals surface area contributed by atoms with Crippen LogP contribution in [0.5, 0.6) is 11.7 Å². The van der Waals surface area contributed by atoms with Gasteiger partial charge < -0.3 is 20.1 Å². The average molecular weight is 625 g/mol. The van der Waals surface area contributed by atoms with Crippen molar-refractivity contribution in [1.29, 1.82) is 0 Å². The summed E-state index contributed by atoms with van der Waals surface area (Å²) in [7, 11) is 0. The van der Waals surface area contributed by atoms with Crippen LogP contribution in [0.1, 0.15) is 15.4 Å². The zero-order valence-electron chi connectivity index (χ0n) is 22.9. The third-order valence-electron chi connectivity index (χ3n) is 7.20. The van der Waals surface area contributed by atoms with Crippen LogP contribution in [0.3, 0.4) is 0 Å². The van der Waals surface area contributed by atoms with Gasteiger partial charge in [0.05, 0.1) is 16.7 Å². The molecule has 7 rings (SSSR count). The van der Waals surface area contributed by atoms with Crippen molar-refractivity contribution >= 4 is 43.8 Å². The molecule has 45 heavy (non-hydrogen) atoms. The van der Waals surface area contributed by atoms with Gasteiger partial charge in [-0.15, -0.1) is 24.5 Å². The van der Waals surface area contributed by atoms with Crippen molar-refractivity contribution < 1.29 is 37.0 Å². The summed E-state index contributed by atoms with van der Waals surface area (Å²) in [5.74, 6) is -2.30. The summed E-state index contributed by atoms with van der Waals surface area (Å²) < 4.78 is 47.5. The largest absolute Gasteiger partial charge is 0.573 e. The van der Waals surface area contributed by atoms with Gasteiger partial charge in [-0.1, -0.05) is 72.8 Å². The van der Waals surface area contributed by atoms with E-state index in [2.05, 4.69) is 10.0 Å². The van der Waals surface area contributed by atoms with Gasteiger partial charge in [0.15, 0.2) is 5.95 Å². The van der Waals surface area contributed by atoms with Crippen molar-refractivity contribution in [3.05, 3.63) is 114 Å². The number of nitrogens with zero attached hydrogens (tertiary/aromatic N) is 3. The van der Waals surface area contributed by atoms with E-state index in [-0.39, 0.29) is 16.3 Å². The second-order valence-corrected chi connectivity index (χ2v) is 11.0. The van der Waals surface area contributed by atoms with Crippen LogP contribution >= 0.6 is 11.3 Å². The molecule has 7 aromatic rings. The van der Waals surface area contributed by atoms with Gasteiger partial charge in [-0.2, -0.15) is 0 Å². The van der Waals surface area contributed by atoms with E-state index in [4.69, 9.17) is 15.2 Å². The molecule has 0 spiro atoms. The monoisotopic (exact) mass is 624 g/mol. The number of pyridine rings is 1. The predicted molar refractivity (Wildman–Crippen MR) is 160 cm³/mol. The molecule has 0 aliphatic heterocycles. The normalized spacial score (nSPS) is 11.7. The van der Waals surface area contributed by atoms with E-state index in [1.165, 1.54) is 12.1 Å². The highest BCUT2D eigenvalue weighted by Crippen LogP contribution is 2.43. The van der Waals surface area contributed by atoms with Crippen molar-refractivity contribution in [2.75, 3.05) is 5.73 Å². The van der Waals surface area contributed by atoms with Crippen LogP contribution in [0, 0.1) is 0 Å². The Morgan fingerprint density at radius 2 is 1.62 bits per heavy atom. The van der Waals surface area contributed by atoms with E-state index < -0.39 is 29.5 Å². The Morgan fingerprint density at radius 1 is 0.911 bits per heavy atom. The molecule has 4 aromatic carbocycles. The number of fused-ring (bicyclic) bond motifs is 2. The number of halogens is 3. The first-order valence-corrected chi connectivity index (χ1v) is 14.3. The van der Waals surface area contributed by atoms with Crippen molar-refractivity contribution in [1.82, 2.24) is 10.3 Å². The average Bonchev–Trinajstić information content (AvgIpc) is 3.59. The Hall–Kier alpha value is -5.75. The molecular formula is C33H19F3N4O4S. The number of benzene rings is 4. The number of hydrogen-bond acceptors (Lipinski definition) is 8. The minimum Gasteiger partial charge on any atom is -0.539 e. The summed E-state index contributed by atoms with van der Waals surface area (Å²) >= 11 is 1.02. The molecule has 3 heterocycles. The van der Waals surface area contributed by atoms with Crippen LogP contribution in [-0.4, -0.2) is 22.4 Å². The first-order chi connectivity index (χ1) is 21.7. The third kappa shape index (κ3) is 5.10. The molecule has 2 N–H and O–H groups in total. The number of alkyl halides is 3. The van der Waals surface area contributed by atoms with Gasteiger partial charge in [0.2, 0.25) is 5.69 Å². The standard InChI is InChI=1S/C33H19F3N4O4S/c34-33(35,36)43-21-15-13-20(14-16-21)40-28(32(42)44-39-40)29(41)30-27(37)26-24(19-7-2-1-3-8-19)17-25(38-31(26)45-30)23-12-6-10-18-9-4-5-11-22(18)23/h1-17H,(H2-,37,39,41,42). The molecule has 3 aromatic heterocycles. The minimum absolute atomic E-state index is 0.0378. The Morgan fingerprint density at radius 3 is 2.38 bits per heavy atom. The van der Waals surface area contributed by atoms with Gasteiger partial charge in [-0.3, -0.25) is 4.79 Å². The Balaban J connectivity index is 1.38. The Kier molecular flexibility index (Phi) is 6.70. The quantitative estimate of drug-likeness (QED) is 0.159. The second kappa shape index (κ2) is 10.8. The zero-order valence-corrected chi connectivity index (χ0v) is 23.7. The van der Waals surface area contributed by atoms with Crippen LogP contribution in [0.2, 0.25) is 0 Å². The van der Waals surface area contributed by atoms with Crippen LogP contribution in [0.25, 0.3) is 49.1 Å². The van der Waals surface area contributed by atoms with Crippen molar-refractivity contribution in [2.45, 2.75) is 6.36 Å². The number of nitrogens with two attached hydrogens (primary N) is 1. The van der Waals surface area contributed by atoms with Crippen LogP contribution in [0.15, 0.2) is 108 Å². The summed E-state index contributed by atoms with van der Waals surface area (Å²) in [6.45, 7) is 0. The van der Waals surface area contributed by atoms with E-state index in [9.17, 15) is 23.1 Å². The lowest BCUT2D eigenvalue weighted by molar-refractivity contribution is -0.672. The molecule has 0 saturated carbocycles. The lowest BCUT2D eigenvalue weighted by atomic mass is 9.97. The van der Waals surface area contributed by atoms with Gasteiger partial charge in [-0.25, -0.2) is 4.98 Å². The summed E-state index contributed by atoms with van der Waals surface area (Å²) in [6, 6.07) is 29.8. The van der Waals surface area contributed by atoms with E-state index >= 15 is 0 Å². The number of aromatic nitrogens is 3. The van der Waals surface area contributed by atoms with Gasteiger partial charge in [0.25, 0.3) is 5.78 Å². The minimum atomic E-state index is -4.88. The smallest absolute Gasteiger partial charge is 0.539 e. The SMILES string of the molecule is Nc1c(C(=O)c2c([O-])on[n+]2-c2ccc(OC(F)(F)F)cc2)sc2nc(-c3cccc4ccccc34)cc(-c3ccccc3)c12. The third-order valence-corrected chi connectivity index (χ3v) is 8.29. The number of rotatable bonds is 6. The van der Waals surface area contributed by atoms with Crippen molar-refractivity contribution in [3.63, 3.8) is 0 Å². The number of carbonyl (C=O) groups is 1. The number of hydrogen-bond donors (Lipinski definition) is 1. The number of nitrogen functional groups attached to an aromatic ring is 1. The molecule has 0 fully saturated rings. The molecule has 8 nitrogen and oxygen atoms in total. The molecule has 12 heteroatoms. The molecule has 0 atom stereocenters. The fourth-order valence-electron chi connectivity index (χ4n) is 5.23. The highest BCUT2D eigenvalue weighted by molar-refractivity contribution is 7.21. The molecule has 0 radical (unpaired) electrons. The van der Waals surface area contributed by atoms with Crippen LogP contribution < -0.4 is 20.3 Å². The Bertz CT molecular complexity index is 2220. The zero-order chi connectivity index (χ0) is 31.3. The molecule has 0 bridgehead atoms. The molecule has 0 unspecified atom stereocenters. The number of ketones is 1. The van der Waals surface area contributed by atoms with Gasteiger partial charge in [-0.05, 0) is 44.8 Å². The fraction of sp³-hybridized carbons (Fsp3) is 0.0303. The highest BCUT2D eigenvalue weighted by Gasteiger charge is 2.34. The molecule has 222 valence electrons. The molecule has 0 saturated heterocycles. The first kappa shape index (κ1) is 28.0.